The van der Waals surface area contributed by atoms with Gasteiger partial charge >= 0.3 is 0 Å². The van der Waals surface area contributed by atoms with Gasteiger partial charge in [-0.25, -0.2) is 13.4 Å². The molecule has 1 saturated heterocycles. The normalized spacial score (nSPS) is 20.2. The molecule has 20 heavy (non-hydrogen) atoms. The average molecular weight is 299 g/mol. The van der Waals surface area contributed by atoms with E-state index in [0.29, 0.717) is 18.9 Å². The Morgan fingerprint density at radius 3 is 2.85 bits per heavy atom. The molecule has 0 bridgehead atoms. The molecule has 6 nitrogen and oxygen atoms in total. The molecule has 7 heteroatoms. The quantitative estimate of drug-likeness (QED) is 0.857. The van der Waals surface area contributed by atoms with Crippen LogP contribution in [0.15, 0.2) is 23.2 Å². The Morgan fingerprint density at radius 2 is 2.30 bits per heavy atom. The smallest absolute Gasteiger partial charge is 0.244 e. The fourth-order valence-electron chi connectivity index (χ4n) is 2.15. The van der Waals surface area contributed by atoms with Crippen LogP contribution in [0.1, 0.15) is 19.8 Å². The predicted octanol–water partition coefficient (Wildman–Crippen LogP) is 1.31. The van der Waals surface area contributed by atoms with Crippen molar-refractivity contribution in [1.82, 2.24) is 9.29 Å². The van der Waals surface area contributed by atoms with E-state index in [1.54, 1.807) is 19.2 Å². The first-order chi connectivity index (χ1) is 9.57. The van der Waals surface area contributed by atoms with Crippen LogP contribution in [0.25, 0.3) is 0 Å². The molecule has 0 amide bonds. The highest BCUT2D eigenvalue weighted by Crippen LogP contribution is 2.22. The van der Waals surface area contributed by atoms with Gasteiger partial charge in [0.25, 0.3) is 0 Å². The van der Waals surface area contributed by atoms with Gasteiger partial charge in [0.2, 0.25) is 10.0 Å². The number of methoxy groups -OCH3 is 1. The Morgan fingerprint density at radius 1 is 1.50 bits per heavy atom. The van der Waals surface area contributed by atoms with Crippen LogP contribution in [-0.2, 0) is 14.8 Å². The van der Waals surface area contributed by atoms with Crippen LogP contribution in [0, 0.1) is 0 Å². The van der Waals surface area contributed by atoms with Gasteiger partial charge in [0, 0.05) is 32.9 Å². The number of anilines is 1. The lowest BCUT2D eigenvalue weighted by molar-refractivity contribution is 0.115. The molecule has 1 aliphatic rings. The molecule has 1 aromatic heterocycles. The van der Waals surface area contributed by atoms with Crippen molar-refractivity contribution in [1.29, 1.82) is 0 Å². The van der Waals surface area contributed by atoms with Crippen molar-refractivity contribution in [2.24, 2.45) is 0 Å². The van der Waals surface area contributed by atoms with E-state index in [1.807, 2.05) is 0 Å². The third-order valence-electron chi connectivity index (χ3n) is 3.37. The Hall–Kier alpha value is -1.18. The Bertz CT molecular complexity index is 530. The molecule has 1 aromatic rings. The molecular weight excluding hydrogens is 278 g/mol. The number of hydrogen-bond donors (Lipinski definition) is 1. The Labute approximate surface area is 120 Å². The van der Waals surface area contributed by atoms with E-state index in [0.717, 1.165) is 19.4 Å². The number of nitrogens with one attached hydrogen (secondary N) is 1. The lowest BCUT2D eigenvalue weighted by atomic mass is 10.3. The van der Waals surface area contributed by atoms with E-state index in [-0.39, 0.29) is 11.0 Å². The van der Waals surface area contributed by atoms with Gasteiger partial charge in [-0.2, -0.15) is 4.31 Å². The molecular formula is C13H21N3O3S. The van der Waals surface area contributed by atoms with Crippen molar-refractivity contribution < 1.29 is 13.2 Å². The van der Waals surface area contributed by atoms with Crippen molar-refractivity contribution in [2.75, 3.05) is 32.1 Å². The largest absolute Gasteiger partial charge is 0.380 e. The van der Waals surface area contributed by atoms with Crippen molar-refractivity contribution >= 4 is 15.8 Å². The van der Waals surface area contributed by atoms with E-state index >= 15 is 0 Å². The fourth-order valence-corrected chi connectivity index (χ4v) is 3.58. The van der Waals surface area contributed by atoms with Crippen molar-refractivity contribution in [3.63, 3.8) is 0 Å². The summed E-state index contributed by atoms with van der Waals surface area (Å²) in [5, 5.41) is 3.12. The summed E-state index contributed by atoms with van der Waals surface area (Å²) in [6.45, 7) is 3.79. The van der Waals surface area contributed by atoms with Crippen molar-refractivity contribution in [3.05, 3.63) is 18.3 Å². The second-order valence-corrected chi connectivity index (χ2v) is 6.75. The highest BCUT2D eigenvalue weighted by Gasteiger charge is 2.32. The molecule has 1 atom stereocenters. The molecule has 0 radical (unpaired) electrons. The first-order valence-electron chi connectivity index (χ1n) is 6.80. The van der Waals surface area contributed by atoms with Gasteiger partial charge in [0.1, 0.15) is 10.7 Å². The Kier molecular flexibility index (Phi) is 4.95. The van der Waals surface area contributed by atoms with Crippen LogP contribution < -0.4 is 5.32 Å². The number of ether oxygens (including phenoxy) is 1. The molecule has 1 aliphatic heterocycles. The van der Waals surface area contributed by atoms with Crippen molar-refractivity contribution in [3.8, 4) is 0 Å². The molecule has 0 aromatic carbocycles. The van der Waals surface area contributed by atoms with Crippen LogP contribution in [0.2, 0.25) is 0 Å². The van der Waals surface area contributed by atoms with Crippen LogP contribution in [0.4, 0.5) is 5.82 Å². The molecule has 1 fully saturated rings. The molecule has 112 valence electrons. The van der Waals surface area contributed by atoms with E-state index < -0.39 is 10.0 Å². The first-order valence-corrected chi connectivity index (χ1v) is 8.24. The zero-order valence-corrected chi connectivity index (χ0v) is 12.7. The minimum atomic E-state index is -3.46. The monoisotopic (exact) mass is 299 g/mol. The maximum atomic E-state index is 12.4. The highest BCUT2D eigenvalue weighted by atomic mass is 32.2. The third kappa shape index (κ3) is 3.28. The molecule has 0 saturated carbocycles. The van der Waals surface area contributed by atoms with E-state index in [2.05, 4.69) is 17.2 Å². The van der Waals surface area contributed by atoms with Crippen LogP contribution >= 0.6 is 0 Å². The number of aromatic nitrogens is 1. The lowest BCUT2D eigenvalue weighted by Gasteiger charge is -2.16. The van der Waals surface area contributed by atoms with Crippen LogP contribution in [-0.4, -0.2) is 50.6 Å². The SMILES string of the molecule is CCCNc1ccc(S(=O)(=O)N2CCC(OC)C2)cn1. The summed E-state index contributed by atoms with van der Waals surface area (Å²) < 4.78 is 31.5. The van der Waals surface area contributed by atoms with Crippen LogP contribution in [0.3, 0.4) is 0 Å². The zero-order chi connectivity index (χ0) is 14.6. The second-order valence-electron chi connectivity index (χ2n) is 4.82. The predicted molar refractivity (Wildman–Crippen MR) is 77.2 cm³/mol. The zero-order valence-electron chi connectivity index (χ0n) is 11.9. The van der Waals surface area contributed by atoms with Crippen LogP contribution in [0.5, 0.6) is 0 Å². The lowest BCUT2D eigenvalue weighted by Crippen LogP contribution is -2.30. The summed E-state index contributed by atoms with van der Waals surface area (Å²) >= 11 is 0. The van der Waals surface area contributed by atoms with Crippen molar-refractivity contribution in [2.45, 2.75) is 30.8 Å². The molecule has 0 spiro atoms. The van der Waals surface area contributed by atoms with Gasteiger partial charge in [-0.3, -0.25) is 0 Å². The molecule has 0 aliphatic carbocycles. The van der Waals surface area contributed by atoms with Gasteiger partial charge in [0.05, 0.1) is 6.10 Å². The average Bonchev–Trinajstić information content (AvgIpc) is 2.95. The third-order valence-corrected chi connectivity index (χ3v) is 5.22. The highest BCUT2D eigenvalue weighted by molar-refractivity contribution is 7.89. The summed E-state index contributed by atoms with van der Waals surface area (Å²) in [5.41, 5.74) is 0. The summed E-state index contributed by atoms with van der Waals surface area (Å²) in [4.78, 5) is 4.38. The van der Waals surface area contributed by atoms with E-state index in [4.69, 9.17) is 4.74 Å². The maximum Gasteiger partial charge on any atom is 0.244 e. The van der Waals surface area contributed by atoms with Gasteiger partial charge in [-0.1, -0.05) is 6.92 Å². The molecule has 1 unspecified atom stereocenters. The summed E-state index contributed by atoms with van der Waals surface area (Å²) in [6, 6.07) is 3.30. The van der Waals surface area contributed by atoms with Gasteiger partial charge in [-0.15, -0.1) is 0 Å². The molecule has 2 heterocycles. The van der Waals surface area contributed by atoms with Gasteiger partial charge in [0.15, 0.2) is 0 Å². The summed E-state index contributed by atoms with van der Waals surface area (Å²) in [7, 11) is -1.85. The maximum absolute atomic E-state index is 12.4. The topological polar surface area (TPSA) is 71.5 Å². The molecule has 1 N–H and O–H groups in total. The number of pyridine rings is 1. The van der Waals surface area contributed by atoms with E-state index in [9.17, 15) is 8.42 Å². The van der Waals surface area contributed by atoms with Gasteiger partial charge < -0.3 is 10.1 Å². The first kappa shape index (κ1) is 15.2. The number of hydrogen-bond acceptors (Lipinski definition) is 5. The van der Waals surface area contributed by atoms with Gasteiger partial charge in [-0.05, 0) is 25.0 Å². The standard InChI is InChI=1S/C13H21N3O3S/c1-3-7-14-13-5-4-12(9-15-13)20(17,18)16-8-6-11(10-16)19-2/h4-5,9,11H,3,6-8,10H2,1-2H3,(H,14,15). The molecule has 2 rings (SSSR count). The minimum Gasteiger partial charge on any atom is -0.380 e. The summed E-state index contributed by atoms with van der Waals surface area (Å²) in [5.74, 6) is 0.696. The minimum absolute atomic E-state index is 0.0109. The Balaban J connectivity index is 2.10. The fraction of sp³-hybridized carbons (Fsp3) is 0.615. The number of sulfonamides is 1. The summed E-state index contributed by atoms with van der Waals surface area (Å²) in [6.07, 6.45) is 3.13. The number of rotatable bonds is 6. The second kappa shape index (κ2) is 6.51. The van der Waals surface area contributed by atoms with E-state index in [1.165, 1.54) is 10.5 Å². The number of nitrogens with zero attached hydrogens (tertiary/aromatic N) is 2.